The number of nitrogens with zero attached hydrogens (tertiary/aromatic N) is 2. The molecule has 1 aromatic heterocycles. The third kappa shape index (κ3) is 4.43. The Kier molecular flexibility index (Phi) is 5.51. The molecule has 0 aliphatic carbocycles. The van der Waals surface area contributed by atoms with Gasteiger partial charge in [0.05, 0.1) is 6.21 Å². The van der Waals surface area contributed by atoms with Gasteiger partial charge in [0.1, 0.15) is 0 Å². The topological polar surface area (TPSA) is 41.9 Å². The SMILES string of the molecule is CC(C)N(C(=O)CO/N=C/c1cccs1)c1ccccc1. The van der Waals surface area contributed by atoms with Gasteiger partial charge < -0.3 is 9.74 Å². The van der Waals surface area contributed by atoms with Crippen LogP contribution in [0.5, 0.6) is 0 Å². The van der Waals surface area contributed by atoms with E-state index in [9.17, 15) is 4.79 Å². The number of hydrogen-bond acceptors (Lipinski definition) is 4. The van der Waals surface area contributed by atoms with E-state index >= 15 is 0 Å². The molecule has 0 unspecified atom stereocenters. The monoisotopic (exact) mass is 302 g/mol. The molecule has 0 radical (unpaired) electrons. The van der Waals surface area contributed by atoms with Crippen molar-refractivity contribution in [2.24, 2.45) is 5.16 Å². The van der Waals surface area contributed by atoms with Gasteiger partial charge in [0.25, 0.3) is 5.91 Å². The molecule has 0 fully saturated rings. The number of benzene rings is 1. The Labute approximate surface area is 128 Å². The molecule has 0 atom stereocenters. The maximum absolute atomic E-state index is 12.3. The van der Waals surface area contributed by atoms with Crippen molar-refractivity contribution in [2.45, 2.75) is 19.9 Å². The molecule has 0 spiro atoms. The average Bonchev–Trinajstić information content (AvgIpc) is 2.98. The highest BCUT2D eigenvalue weighted by atomic mass is 32.1. The van der Waals surface area contributed by atoms with E-state index in [1.54, 1.807) is 22.5 Å². The first-order valence-electron chi connectivity index (χ1n) is 6.74. The van der Waals surface area contributed by atoms with Crippen LogP contribution in [0.15, 0.2) is 53.0 Å². The Morgan fingerprint density at radius 2 is 2.05 bits per heavy atom. The lowest BCUT2D eigenvalue weighted by Crippen LogP contribution is -2.39. The first-order valence-corrected chi connectivity index (χ1v) is 7.62. The van der Waals surface area contributed by atoms with E-state index in [1.165, 1.54) is 0 Å². The van der Waals surface area contributed by atoms with Crippen molar-refractivity contribution in [3.8, 4) is 0 Å². The minimum absolute atomic E-state index is 0.0600. The first-order chi connectivity index (χ1) is 10.2. The molecular weight excluding hydrogens is 284 g/mol. The summed E-state index contributed by atoms with van der Waals surface area (Å²) in [4.78, 5) is 20.1. The van der Waals surface area contributed by atoms with Gasteiger partial charge in [-0.15, -0.1) is 11.3 Å². The van der Waals surface area contributed by atoms with Gasteiger partial charge in [-0.3, -0.25) is 4.79 Å². The number of para-hydroxylation sites is 1. The Bertz CT molecular complexity index is 580. The van der Waals surface area contributed by atoms with Crippen LogP contribution in [0.25, 0.3) is 0 Å². The summed E-state index contributed by atoms with van der Waals surface area (Å²) in [5, 5.41) is 5.79. The number of rotatable bonds is 6. The lowest BCUT2D eigenvalue weighted by Gasteiger charge is -2.26. The predicted molar refractivity (Wildman–Crippen MR) is 86.9 cm³/mol. The number of amides is 1. The summed E-state index contributed by atoms with van der Waals surface area (Å²) in [7, 11) is 0. The van der Waals surface area contributed by atoms with Crippen molar-refractivity contribution in [1.82, 2.24) is 0 Å². The van der Waals surface area contributed by atoms with Crippen LogP contribution in [0.4, 0.5) is 5.69 Å². The second-order valence-electron chi connectivity index (χ2n) is 4.72. The zero-order valence-corrected chi connectivity index (χ0v) is 12.9. The van der Waals surface area contributed by atoms with Gasteiger partial charge >= 0.3 is 0 Å². The number of carbonyl (C=O) groups excluding carboxylic acids is 1. The fourth-order valence-corrected chi connectivity index (χ4v) is 2.51. The molecule has 21 heavy (non-hydrogen) atoms. The number of anilines is 1. The minimum Gasteiger partial charge on any atom is -0.386 e. The van der Waals surface area contributed by atoms with E-state index in [0.717, 1.165) is 10.6 Å². The van der Waals surface area contributed by atoms with Crippen molar-refractivity contribution in [3.05, 3.63) is 52.7 Å². The van der Waals surface area contributed by atoms with Crippen LogP contribution in [-0.2, 0) is 9.63 Å². The number of oxime groups is 1. The van der Waals surface area contributed by atoms with Crippen LogP contribution >= 0.6 is 11.3 Å². The van der Waals surface area contributed by atoms with Crippen molar-refractivity contribution >= 4 is 29.1 Å². The van der Waals surface area contributed by atoms with E-state index in [4.69, 9.17) is 4.84 Å². The molecule has 0 saturated heterocycles. The summed E-state index contributed by atoms with van der Waals surface area (Å²) in [5.74, 6) is -0.112. The summed E-state index contributed by atoms with van der Waals surface area (Å²) in [5.41, 5.74) is 0.864. The summed E-state index contributed by atoms with van der Waals surface area (Å²) in [6.07, 6.45) is 1.61. The van der Waals surface area contributed by atoms with Gasteiger partial charge in [-0.05, 0) is 37.4 Å². The molecule has 2 aromatic rings. The van der Waals surface area contributed by atoms with Crippen molar-refractivity contribution in [2.75, 3.05) is 11.5 Å². The lowest BCUT2D eigenvalue weighted by atomic mass is 10.2. The van der Waals surface area contributed by atoms with Crippen molar-refractivity contribution in [1.29, 1.82) is 0 Å². The van der Waals surface area contributed by atoms with Gasteiger partial charge in [0.15, 0.2) is 6.61 Å². The Morgan fingerprint density at radius 3 is 2.67 bits per heavy atom. The predicted octanol–water partition coefficient (Wildman–Crippen LogP) is 3.54. The average molecular weight is 302 g/mol. The molecule has 5 heteroatoms. The van der Waals surface area contributed by atoms with Crippen molar-refractivity contribution in [3.63, 3.8) is 0 Å². The van der Waals surface area contributed by atoms with Crippen LogP contribution in [-0.4, -0.2) is 24.8 Å². The second-order valence-corrected chi connectivity index (χ2v) is 5.70. The normalized spacial score (nSPS) is 11.0. The van der Waals surface area contributed by atoms with Crippen LogP contribution in [0, 0.1) is 0 Å². The Hall–Kier alpha value is -2.14. The molecule has 4 nitrogen and oxygen atoms in total. The van der Waals surface area contributed by atoms with Crippen LogP contribution in [0.2, 0.25) is 0 Å². The van der Waals surface area contributed by atoms with Gasteiger partial charge in [0.2, 0.25) is 0 Å². The van der Waals surface area contributed by atoms with Crippen LogP contribution in [0.1, 0.15) is 18.7 Å². The minimum atomic E-state index is -0.112. The fraction of sp³-hybridized carbons (Fsp3) is 0.250. The molecule has 1 heterocycles. The molecular formula is C16H18N2O2S. The van der Waals surface area contributed by atoms with E-state index in [1.807, 2.05) is 61.7 Å². The molecule has 110 valence electrons. The van der Waals surface area contributed by atoms with Gasteiger partial charge in [-0.25, -0.2) is 0 Å². The highest BCUT2D eigenvalue weighted by Gasteiger charge is 2.19. The van der Waals surface area contributed by atoms with E-state index < -0.39 is 0 Å². The summed E-state index contributed by atoms with van der Waals surface area (Å²) in [6, 6.07) is 13.5. The van der Waals surface area contributed by atoms with Gasteiger partial charge in [-0.1, -0.05) is 29.4 Å². The third-order valence-electron chi connectivity index (χ3n) is 2.81. The van der Waals surface area contributed by atoms with Crippen LogP contribution < -0.4 is 4.90 Å². The second kappa shape index (κ2) is 7.59. The van der Waals surface area contributed by atoms with E-state index in [0.29, 0.717) is 0 Å². The Balaban J connectivity index is 1.94. The highest BCUT2D eigenvalue weighted by molar-refractivity contribution is 7.11. The van der Waals surface area contributed by atoms with Gasteiger partial charge in [-0.2, -0.15) is 0 Å². The number of hydrogen-bond donors (Lipinski definition) is 0. The smallest absolute Gasteiger partial charge is 0.267 e. The summed E-state index contributed by atoms with van der Waals surface area (Å²) >= 11 is 1.57. The quantitative estimate of drug-likeness (QED) is 0.605. The summed E-state index contributed by atoms with van der Waals surface area (Å²) < 4.78 is 0. The van der Waals surface area contributed by atoms with E-state index in [-0.39, 0.29) is 18.6 Å². The molecule has 0 bridgehead atoms. The number of carbonyl (C=O) groups is 1. The van der Waals surface area contributed by atoms with Crippen molar-refractivity contribution < 1.29 is 9.63 Å². The maximum atomic E-state index is 12.3. The molecule has 2 rings (SSSR count). The first kappa shape index (κ1) is 15.3. The standard InChI is InChI=1S/C16H18N2O2S/c1-13(2)18(14-7-4-3-5-8-14)16(19)12-20-17-11-15-9-6-10-21-15/h3-11,13H,12H2,1-2H3/b17-11+. The summed E-state index contributed by atoms with van der Waals surface area (Å²) in [6.45, 7) is 3.87. The van der Waals surface area contributed by atoms with Gasteiger partial charge in [0, 0.05) is 16.6 Å². The molecule has 0 aliphatic rings. The van der Waals surface area contributed by atoms with E-state index in [2.05, 4.69) is 5.16 Å². The largest absolute Gasteiger partial charge is 0.386 e. The molecule has 0 N–H and O–H groups in total. The molecule has 0 aliphatic heterocycles. The maximum Gasteiger partial charge on any atom is 0.267 e. The molecule has 1 amide bonds. The van der Waals surface area contributed by atoms with Crippen LogP contribution in [0.3, 0.4) is 0 Å². The lowest BCUT2D eigenvalue weighted by molar-refractivity contribution is -0.123. The fourth-order valence-electron chi connectivity index (χ4n) is 1.93. The third-order valence-corrected chi connectivity index (χ3v) is 3.61. The highest BCUT2D eigenvalue weighted by Crippen LogP contribution is 2.16. The molecule has 0 saturated carbocycles. The zero-order valence-electron chi connectivity index (χ0n) is 12.1. The number of thiophene rings is 1. The zero-order chi connectivity index (χ0) is 15.1. The molecule has 1 aromatic carbocycles. The Morgan fingerprint density at radius 1 is 1.29 bits per heavy atom.